The number of pyridine rings is 1. The minimum absolute atomic E-state index is 0.0623. The van der Waals surface area contributed by atoms with E-state index in [9.17, 15) is 14.3 Å². The molecule has 5 heterocycles. The monoisotopic (exact) mass is 551 g/mol. The van der Waals surface area contributed by atoms with Gasteiger partial charge in [-0.1, -0.05) is 29.8 Å². The molecule has 0 amide bonds. The van der Waals surface area contributed by atoms with E-state index in [4.69, 9.17) is 26.1 Å². The number of ether oxygens (including phenoxy) is 2. The predicted octanol–water partition coefficient (Wildman–Crippen LogP) is 4.91. The van der Waals surface area contributed by atoms with Gasteiger partial charge in [0.15, 0.2) is 0 Å². The number of carboxylic acids is 1. The van der Waals surface area contributed by atoms with Crippen molar-refractivity contribution in [1.82, 2.24) is 24.4 Å². The molecule has 9 nitrogen and oxygen atoms in total. The molecule has 6 rings (SSSR count). The van der Waals surface area contributed by atoms with Crippen molar-refractivity contribution >= 4 is 34.3 Å². The molecule has 11 heteroatoms. The van der Waals surface area contributed by atoms with Crippen LogP contribution in [0.5, 0.6) is 5.88 Å². The summed E-state index contributed by atoms with van der Waals surface area (Å²) < 4.78 is 27.5. The maximum absolute atomic E-state index is 14.1. The number of aromatic nitrogens is 4. The molecular weight excluding hydrogens is 525 g/mol. The van der Waals surface area contributed by atoms with E-state index in [1.165, 1.54) is 6.07 Å². The highest BCUT2D eigenvalue weighted by Gasteiger charge is 2.25. The molecular formula is C28H27ClFN5O4. The summed E-state index contributed by atoms with van der Waals surface area (Å²) in [4.78, 5) is 26.1. The fourth-order valence-electron chi connectivity index (χ4n) is 4.87. The first-order valence-corrected chi connectivity index (χ1v) is 13.2. The highest BCUT2D eigenvalue weighted by Crippen LogP contribution is 2.26. The smallest absolute Gasteiger partial charge is 0.352 e. The van der Waals surface area contributed by atoms with E-state index in [1.807, 2.05) is 12.1 Å². The summed E-state index contributed by atoms with van der Waals surface area (Å²) in [6.45, 7) is 3.62. The summed E-state index contributed by atoms with van der Waals surface area (Å²) in [5.41, 5.74) is 3.86. The van der Waals surface area contributed by atoms with Gasteiger partial charge < -0.3 is 24.1 Å². The van der Waals surface area contributed by atoms with Gasteiger partial charge in [0.1, 0.15) is 35.1 Å². The number of halogens is 2. The second kappa shape index (κ2) is 10.8. The van der Waals surface area contributed by atoms with Crippen molar-refractivity contribution in [2.24, 2.45) is 0 Å². The van der Waals surface area contributed by atoms with E-state index in [-0.39, 0.29) is 18.4 Å². The second-order valence-corrected chi connectivity index (χ2v) is 10.2. The molecule has 0 unspecified atom stereocenters. The molecule has 4 aromatic rings. The number of carboxylic acid groups (broad SMARTS) is 1. The van der Waals surface area contributed by atoms with Crippen LogP contribution in [0, 0.1) is 5.82 Å². The van der Waals surface area contributed by atoms with Gasteiger partial charge in [0, 0.05) is 36.3 Å². The lowest BCUT2D eigenvalue weighted by Crippen LogP contribution is -2.33. The molecule has 3 aromatic heterocycles. The van der Waals surface area contributed by atoms with Crippen LogP contribution in [0.25, 0.3) is 16.7 Å². The third-order valence-electron chi connectivity index (χ3n) is 7.12. The Labute approximate surface area is 228 Å². The largest absolute Gasteiger partial charge is 0.477 e. The molecule has 2 aliphatic heterocycles. The zero-order chi connectivity index (χ0) is 26.9. The zero-order valence-corrected chi connectivity index (χ0v) is 21.8. The standard InChI is InChI=1S/C28H27ClFN5O4/c29-19-5-4-18(21(30)12-19)16-39-26-3-1-2-22(32-26)17-6-9-34(10-7-17)15-25-31-23-13-24(28(36)37)33-27(23)35(25)14-20-8-11-38-20/h1-6,12-13,20,33H,7-11,14-16H2,(H,36,37)/t20-/m0/s1. The number of H-pyrrole nitrogens is 1. The Morgan fingerprint density at radius 2 is 2.13 bits per heavy atom. The first-order chi connectivity index (χ1) is 18.9. The van der Waals surface area contributed by atoms with Crippen LogP contribution in [0.2, 0.25) is 5.02 Å². The Balaban J connectivity index is 1.13. The number of hydrogen-bond donors (Lipinski definition) is 2. The average Bonchev–Trinajstić information content (AvgIpc) is 3.45. The van der Waals surface area contributed by atoms with Crippen molar-refractivity contribution in [1.29, 1.82) is 0 Å². The van der Waals surface area contributed by atoms with E-state index < -0.39 is 11.8 Å². The van der Waals surface area contributed by atoms with Crippen LogP contribution in [0.4, 0.5) is 4.39 Å². The normalized spacial score (nSPS) is 17.7. The fraction of sp³-hybridized carbons (Fsp3) is 0.321. The first kappa shape index (κ1) is 25.5. The lowest BCUT2D eigenvalue weighted by molar-refractivity contribution is -0.0592. The fourth-order valence-corrected chi connectivity index (χ4v) is 5.03. The van der Waals surface area contributed by atoms with Gasteiger partial charge in [0.25, 0.3) is 0 Å². The molecule has 0 aliphatic carbocycles. The van der Waals surface area contributed by atoms with Crippen LogP contribution in [0.1, 0.15) is 40.4 Å². The van der Waals surface area contributed by atoms with E-state index in [0.717, 1.165) is 49.6 Å². The molecule has 2 aliphatic rings. The number of hydrogen-bond acceptors (Lipinski definition) is 6. The van der Waals surface area contributed by atoms with Crippen molar-refractivity contribution < 1.29 is 23.8 Å². The van der Waals surface area contributed by atoms with E-state index in [1.54, 1.807) is 24.3 Å². The van der Waals surface area contributed by atoms with Crippen molar-refractivity contribution in [2.75, 3.05) is 19.7 Å². The van der Waals surface area contributed by atoms with Gasteiger partial charge in [-0.05, 0) is 42.7 Å². The SMILES string of the molecule is O=C(O)c1cc2nc(CN3CC=C(c4cccc(OCc5ccc(Cl)cc5F)n4)CC3)n(C[C@@H]3CCO3)c2[nH]1. The Kier molecular flexibility index (Phi) is 7.07. The lowest BCUT2D eigenvalue weighted by atomic mass is 10.0. The van der Waals surface area contributed by atoms with E-state index in [0.29, 0.717) is 40.7 Å². The Hall–Kier alpha value is -3.73. The number of benzene rings is 1. The molecule has 1 saturated heterocycles. The molecule has 1 atom stereocenters. The minimum atomic E-state index is -1.00. The molecule has 202 valence electrons. The lowest BCUT2D eigenvalue weighted by Gasteiger charge is -2.29. The topological polar surface area (TPSA) is 106 Å². The molecule has 1 fully saturated rings. The average molecular weight is 552 g/mol. The molecule has 39 heavy (non-hydrogen) atoms. The summed E-state index contributed by atoms with van der Waals surface area (Å²) in [5, 5.41) is 9.71. The maximum Gasteiger partial charge on any atom is 0.352 e. The molecule has 1 aromatic carbocycles. The second-order valence-electron chi connectivity index (χ2n) is 9.74. The van der Waals surface area contributed by atoms with Gasteiger partial charge in [-0.15, -0.1) is 0 Å². The minimum Gasteiger partial charge on any atom is -0.477 e. The number of fused-ring (bicyclic) bond motifs is 1. The van der Waals surface area contributed by atoms with Crippen molar-refractivity contribution in [2.45, 2.75) is 38.6 Å². The summed E-state index contributed by atoms with van der Waals surface area (Å²) in [5.74, 6) is -0.103. The third kappa shape index (κ3) is 5.54. The van der Waals surface area contributed by atoms with Crippen LogP contribution in [0.3, 0.4) is 0 Å². The van der Waals surface area contributed by atoms with Crippen LogP contribution in [-0.2, 0) is 24.4 Å². The number of nitrogens with one attached hydrogen (secondary N) is 1. The predicted molar refractivity (Wildman–Crippen MR) is 143 cm³/mol. The van der Waals surface area contributed by atoms with Crippen molar-refractivity contribution in [3.63, 3.8) is 0 Å². The van der Waals surface area contributed by atoms with Gasteiger partial charge in [-0.3, -0.25) is 4.90 Å². The van der Waals surface area contributed by atoms with Gasteiger partial charge in [-0.2, -0.15) is 0 Å². The maximum atomic E-state index is 14.1. The molecule has 0 saturated carbocycles. The van der Waals surface area contributed by atoms with Gasteiger partial charge in [-0.25, -0.2) is 19.2 Å². The van der Waals surface area contributed by atoms with Crippen LogP contribution in [0.15, 0.2) is 48.5 Å². The van der Waals surface area contributed by atoms with Gasteiger partial charge in [0.05, 0.1) is 24.9 Å². The first-order valence-electron chi connectivity index (χ1n) is 12.8. The molecule has 2 N–H and O–H groups in total. The molecule has 0 radical (unpaired) electrons. The molecule has 0 bridgehead atoms. The molecule has 0 spiro atoms. The highest BCUT2D eigenvalue weighted by atomic mass is 35.5. The van der Waals surface area contributed by atoms with Gasteiger partial charge in [0.2, 0.25) is 5.88 Å². The van der Waals surface area contributed by atoms with Crippen molar-refractivity contribution in [3.05, 3.63) is 82.2 Å². The Morgan fingerprint density at radius 1 is 1.26 bits per heavy atom. The van der Waals surface area contributed by atoms with Crippen LogP contribution in [-0.4, -0.2) is 61.3 Å². The summed E-state index contributed by atoms with van der Waals surface area (Å²) >= 11 is 5.83. The van der Waals surface area contributed by atoms with Crippen molar-refractivity contribution in [3.8, 4) is 5.88 Å². The van der Waals surface area contributed by atoms with Crippen LogP contribution >= 0.6 is 11.6 Å². The number of nitrogens with zero attached hydrogens (tertiary/aromatic N) is 4. The van der Waals surface area contributed by atoms with Gasteiger partial charge >= 0.3 is 5.97 Å². The third-order valence-corrected chi connectivity index (χ3v) is 7.35. The van der Waals surface area contributed by atoms with Crippen LogP contribution < -0.4 is 4.74 Å². The number of imidazole rings is 1. The Morgan fingerprint density at radius 3 is 2.85 bits per heavy atom. The summed E-state index contributed by atoms with van der Waals surface area (Å²) in [7, 11) is 0. The quantitative estimate of drug-likeness (QED) is 0.304. The Bertz CT molecular complexity index is 1560. The summed E-state index contributed by atoms with van der Waals surface area (Å²) in [6, 6.07) is 11.7. The number of carbonyl (C=O) groups is 1. The summed E-state index contributed by atoms with van der Waals surface area (Å²) in [6.07, 6.45) is 4.05. The number of aromatic carboxylic acids is 1. The number of rotatable bonds is 9. The highest BCUT2D eigenvalue weighted by molar-refractivity contribution is 6.30. The van der Waals surface area contributed by atoms with E-state index >= 15 is 0 Å². The zero-order valence-electron chi connectivity index (χ0n) is 21.1. The number of aromatic amines is 1. The van der Waals surface area contributed by atoms with E-state index in [2.05, 4.69) is 25.5 Å².